The molecule has 2 aliphatic rings. The fraction of sp³-hybridized carbons (Fsp3) is 1.00. The van der Waals surface area contributed by atoms with Crippen LogP contribution in [-0.4, -0.2) is 43.3 Å². The van der Waals surface area contributed by atoms with Crippen LogP contribution in [0.1, 0.15) is 46.5 Å². The van der Waals surface area contributed by atoms with Crippen molar-refractivity contribution in [3.8, 4) is 0 Å². The van der Waals surface area contributed by atoms with Gasteiger partial charge in [0.05, 0.1) is 6.10 Å². The normalized spacial score (nSPS) is 41.2. The van der Waals surface area contributed by atoms with E-state index in [9.17, 15) is 0 Å². The number of nitrogens with zero attached hydrogens (tertiary/aromatic N) is 1. The van der Waals surface area contributed by atoms with Crippen LogP contribution in [0.5, 0.6) is 0 Å². The topological polar surface area (TPSA) is 38.5 Å². The van der Waals surface area contributed by atoms with Crippen molar-refractivity contribution in [2.75, 3.05) is 26.7 Å². The minimum Gasteiger partial charge on any atom is -0.380 e. The molecule has 0 bridgehead atoms. The molecule has 1 saturated heterocycles. The highest BCUT2D eigenvalue weighted by atomic mass is 16.5. The lowest BCUT2D eigenvalue weighted by Crippen LogP contribution is -2.58. The van der Waals surface area contributed by atoms with Gasteiger partial charge in [-0.15, -0.1) is 0 Å². The van der Waals surface area contributed by atoms with E-state index in [2.05, 4.69) is 25.7 Å². The average Bonchev–Trinajstić information content (AvgIpc) is 2.75. The SMILES string of the molecule is COC1CCN(C2(CN)CC(C)CC(C)(C)C2)C1. The summed E-state index contributed by atoms with van der Waals surface area (Å²) >= 11 is 0. The molecule has 3 heteroatoms. The Morgan fingerprint density at radius 1 is 1.33 bits per heavy atom. The van der Waals surface area contributed by atoms with Gasteiger partial charge in [-0.1, -0.05) is 20.8 Å². The third-order valence-corrected chi connectivity index (χ3v) is 4.97. The van der Waals surface area contributed by atoms with Crippen LogP contribution in [0.2, 0.25) is 0 Å². The number of methoxy groups -OCH3 is 1. The zero-order chi connectivity index (χ0) is 13.4. The molecular weight excluding hydrogens is 224 g/mol. The van der Waals surface area contributed by atoms with Crippen LogP contribution in [0.25, 0.3) is 0 Å². The van der Waals surface area contributed by atoms with E-state index in [4.69, 9.17) is 10.5 Å². The smallest absolute Gasteiger partial charge is 0.0710 e. The first-order chi connectivity index (χ1) is 8.41. The summed E-state index contributed by atoms with van der Waals surface area (Å²) in [4.78, 5) is 2.62. The molecule has 3 atom stereocenters. The van der Waals surface area contributed by atoms with E-state index in [0.717, 1.165) is 32.0 Å². The summed E-state index contributed by atoms with van der Waals surface area (Å²) in [6.45, 7) is 10.2. The molecule has 0 aromatic heterocycles. The summed E-state index contributed by atoms with van der Waals surface area (Å²) in [6.07, 6.45) is 5.39. The van der Waals surface area contributed by atoms with Gasteiger partial charge < -0.3 is 10.5 Å². The van der Waals surface area contributed by atoms with Gasteiger partial charge in [-0.25, -0.2) is 0 Å². The fourth-order valence-electron chi connectivity index (χ4n) is 4.58. The predicted octanol–water partition coefficient (Wildman–Crippen LogP) is 2.25. The molecular formula is C15H30N2O. The van der Waals surface area contributed by atoms with E-state index in [-0.39, 0.29) is 5.54 Å². The molecule has 0 aromatic rings. The number of nitrogens with two attached hydrogens (primary N) is 1. The molecule has 0 aromatic carbocycles. The number of hydrogen-bond acceptors (Lipinski definition) is 3. The second-order valence-electron chi connectivity index (χ2n) is 7.38. The first kappa shape index (κ1) is 14.3. The number of ether oxygens (including phenoxy) is 1. The van der Waals surface area contributed by atoms with Gasteiger partial charge in [0, 0.05) is 32.3 Å². The van der Waals surface area contributed by atoms with Crippen LogP contribution in [0.3, 0.4) is 0 Å². The van der Waals surface area contributed by atoms with Crippen molar-refractivity contribution in [1.82, 2.24) is 4.90 Å². The molecule has 0 amide bonds. The zero-order valence-electron chi connectivity index (χ0n) is 12.5. The van der Waals surface area contributed by atoms with Crippen molar-refractivity contribution < 1.29 is 4.74 Å². The molecule has 106 valence electrons. The first-order valence-corrected chi connectivity index (χ1v) is 7.39. The minimum absolute atomic E-state index is 0.217. The summed E-state index contributed by atoms with van der Waals surface area (Å²) in [7, 11) is 1.83. The van der Waals surface area contributed by atoms with Crippen molar-refractivity contribution in [2.45, 2.75) is 58.1 Å². The van der Waals surface area contributed by atoms with E-state index in [1.54, 1.807) is 0 Å². The van der Waals surface area contributed by atoms with Crippen molar-refractivity contribution >= 4 is 0 Å². The zero-order valence-corrected chi connectivity index (χ0v) is 12.5. The number of hydrogen-bond donors (Lipinski definition) is 1. The van der Waals surface area contributed by atoms with E-state index in [1.165, 1.54) is 19.3 Å². The average molecular weight is 254 g/mol. The summed E-state index contributed by atoms with van der Waals surface area (Å²) in [5, 5.41) is 0. The summed E-state index contributed by atoms with van der Waals surface area (Å²) in [5.41, 5.74) is 6.84. The van der Waals surface area contributed by atoms with Crippen LogP contribution < -0.4 is 5.73 Å². The van der Waals surface area contributed by atoms with Gasteiger partial charge in [0.15, 0.2) is 0 Å². The van der Waals surface area contributed by atoms with Crippen molar-refractivity contribution in [3.63, 3.8) is 0 Å². The van der Waals surface area contributed by atoms with E-state index in [0.29, 0.717) is 11.5 Å². The molecule has 0 radical (unpaired) electrons. The maximum absolute atomic E-state index is 6.21. The van der Waals surface area contributed by atoms with Crippen LogP contribution in [0.4, 0.5) is 0 Å². The maximum Gasteiger partial charge on any atom is 0.0710 e. The molecule has 2 fully saturated rings. The van der Waals surface area contributed by atoms with Gasteiger partial charge in [0.25, 0.3) is 0 Å². The van der Waals surface area contributed by atoms with Crippen molar-refractivity contribution in [2.24, 2.45) is 17.1 Å². The molecule has 3 nitrogen and oxygen atoms in total. The minimum atomic E-state index is 0.217. The Morgan fingerprint density at radius 2 is 2.06 bits per heavy atom. The van der Waals surface area contributed by atoms with Gasteiger partial charge in [-0.2, -0.15) is 0 Å². The monoisotopic (exact) mass is 254 g/mol. The van der Waals surface area contributed by atoms with Gasteiger partial charge in [-0.05, 0) is 37.0 Å². The Morgan fingerprint density at radius 3 is 2.56 bits per heavy atom. The molecule has 0 spiro atoms. The lowest BCUT2D eigenvalue weighted by atomic mass is 9.63. The number of rotatable bonds is 3. The lowest BCUT2D eigenvalue weighted by Gasteiger charge is -2.52. The van der Waals surface area contributed by atoms with Crippen LogP contribution in [0, 0.1) is 11.3 Å². The van der Waals surface area contributed by atoms with Gasteiger partial charge in [0.1, 0.15) is 0 Å². The third-order valence-electron chi connectivity index (χ3n) is 4.97. The standard InChI is InChI=1S/C15H30N2O/c1-12-7-14(2,3)10-15(8-12,11-16)17-6-5-13(9-17)18-4/h12-13H,5-11,16H2,1-4H3. The second-order valence-corrected chi connectivity index (χ2v) is 7.38. The first-order valence-electron chi connectivity index (χ1n) is 7.39. The van der Waals surface area contributed by atoms with Crippen LogP contribution in [0.15, 0.2) is 0 Å². The van der Waals surface area contributed by atoms with Gasteiger partial charge >= 0.3 is 0 Å². The highest BCUT2D eigenvalue weighted by molar-refractivity contribution is 5.03. The molecule has 3 unspecified atom stereocenters. The highest BCUT2D eigenvalue weighted by Gasteiger charge is 2.47. The maximum atomic E-state index is 6.21. The summed E-state index contributed by atoms with van der Waals surface area (Å²) < 4.78 is 5.52. The highest BCUT2D eigenvalue weighted by Crippen LogP contribution is 2.47. The van der Waals surface area contributed by atoms with Crippen LogP contribution >= 0.6 is 0 Å². The Balaban J connectivity index is 2.15. The molecule has 1 aliphatic carbocycles. The fourth-order valence-corrected chi connectivity index (χ4v) is 4.58. The van der Waals surface area contributed by atoms with Crippen molar-refractivity contribution in [1.29, 1.82) is 0 Å². The lowest BCUT2D eigenvalue weighted by molar-refractivity contribution is -0.00774. The molecule has 1 heterocycles. The predicted molar refractivity (Wildman–Crippen MR) is 75.6 cm³/mol. The van der Waals surface area contributed by atoms with Crippen molar-refractivity contribution in [3.05, 3.63) is 0 Å². The second kappa shape index (κ2) is 5.10. The number of likely N-dealkylation sites (tertiary alicyclic amines) is 1. The van der Waals surface area contributed by atoms with E-state index >= 15 is 0 Å². The third kappa shape index (κ3) is 2.73. The molecule has 1 saturated carbocycles. The van der Waals surface area contributed by atoms with E-state index in [1.807, 2.05) is 7.11 Å². The summed E-state index contributed by atoms with van der Waals surface area (Å²) in [6, 6.07) is 0. The quantitative estimate of drug-likeness (QED) is 0.839. The molecule has 2 rings (SSSR count). The molecule has 1 aliphatic heterocycles. The Hall–Kier alpha value is -0.120. The Labute approximate surface area is 112 Å². The Bertz CT molecular complexity index is 292. The molecule has 18 heavy (non-hydrogen) atoms. The van der Waals surface area contributed by atoms with Gasteiger partial charge in [-0.3, -0.25) is 4.90 Å². The summed E-state index contributed by atoms with van der Waals surface area (Å²) in [5.74, 6) is 0.777. The molecule has 2 N–H and O–H groups in total. The Kier molecular flexibility index (Phi) is 4.05. The van der Waals surface area contributed by atoms with Gasteiger partial charge in [0.2, 0.25) is 0 Å². The van der Waals surface area contributed by atoms with E-state index < -0.39 is 0 Å². The largest absolute Gasteiger partial charge is 0.380 e. The van der Waals surface area contributed by atoms with Crippen LogP contribution in [-0.2, 0) is 4.74 Å².